The van der Waals surface area contributed by atoms with Crippen molar-refractivity contribution in [3.05, 3.63) is 35.4 Å². The Morgan fingerprint density at radius 2 is 2.00 bits per heavy atom. The zero-order valence-corrected chi connectivity index (χ0v) is 9.65. The lowest BCUT2D eigenvalue weighted by Crippen LogP contribution is -2.10. The van der Waals surface area contributed by atoms with E-state index in [0.29, 0.717) is 6.42 Å². The van der Waals surface area contributed by atoms with Crippen LogP contribution in [0.2, 0.25) is 0 Å². The van der Waals surface area contributed by atoms with Gasteiger partial charge in [-0.25, -0.2) is 0 Å². The van der Waals surface area contributed by atoms with Crippen LogP contribution in [0.5, 0.6) is 0 Å². The van der Waals surface area contributed by atoms with Gasteiger partial charge in [-0.1, -0.05) is 31.2 Å². The minimum Gasteiger partial charge on any atom is -0.390 e. The smallest absolute Gasteiger partial charge is 0.120 e. The number of rotatable bonds is 5. The monoisotopic (exact) mass is 218 g/mol. The highest BCUT2D eigenvalue weighted by molar-refractivity contribution is 5.51. The van der Waals surface area contributed by atoms with Crippen LogP contribution in [0.1, 0.15) is 43.2 Å². The summed E-state index contributed by atoms with van der Waals surface area (Å²) in [7, 11) is 0. The Morgan fingerprint density at radius 3 is 2.50 bits per heavy atom. The molecule has 1 unspecified atom stereocenters. The lowest BCUT2D eigenvalue weighted by Gasteiger charge is -2.11. The van der Waals surface area contributed by atoms with Gasteiger partial charge in [0.2, 0.25) is 0 Å². The number of aliphatic hydroxyl groups is 1. The van der Waals surface area contributed by atoms with Crippen molar-refractivity contribution in [3.63, 3.8) is 0 Å². The van der Waals surface area contributed by atoms with E-state index in [1.165, 1.54) is 11.1 Å². The number of hydrogen-bond acceptors (Lipinski definition) is 2. The van der Waals surface area contributed by atoms with Crippen molar-refractivity contribution < 1.29 is 9.90 Å². The molecule has 1 aromatic carbocycles. The molecule has 1 aliphatic rings. The van der Waals surface area contributed by atoms with E-state index < -0.39 is 5.60 Å². The molecule has 0 amide bonds. The summed E-state index contributed by atoms with van der Waals surface area (Å²) in [5.74, 6) is 0.288. The van der Waals surface area contributed by atoms with Gasteiger partial charge in [0.25, 0.3) is 0 Å². The summed E-state index contributed by atoms with van der Waals surface area (Å²) in [5.41, 5.74) is 1.95. The minimum absolute atomic E-state index is 0.288. The molecule has 0 saturated heterocycles. The van der Waals surface area contributed by atoms with Crippen molar-refractivity contribution in [2.45, 2.75) is 44.1 Å². The fourth-order valence-electron chi connectivity index (χ4n) is 1.95. The minimum atomic E-state index is -0.421. The molecule has 1 atom stereocenters. The lowest BCUT2D eigenvalue weighted by molar-refractivity contribution is -0.108. The molecule has 0 heterocycles. The fraction of sp³-hybridized carbons (Fsp3) is 0.500. The van der Waals surface area contributed by atoms with E-state index in [1.807, 2.05) is 0 Å². The predicted octanol–water partition coefficient (Wildman–Crippen LogP) is 2.45. The van der Waals surface area contributed by atoms with Gasteiger partial charge in [-0.2, -0.15) is 0 Å². The zero-order valence-electron chi connectivity index (χ0n) is 9.65. The predicted molar refractivity (Wildman–Crippen MR) is 63.4 cm³/mol. The summed E-state index contributed by atoms with van der Waals surface area (Å²) in [5, 5.41) is 9.80. The van der Waals surface area contributed by atoms with Crippen molar-refractivity contribution in [1.82, 2.24) is 0 Å². The van der Waals surface area contributed by atoms with Gasteiger partial charge in [-0.15, -0.1) is 0 Å². The summed E-state index contributed by atoms with van der Waals surface area (Å²) in [6, 6.07) is 8.25. The van der Waals surface area contributed by atoms with Crippen LogP contribution in [0, 0.1) is 0 Å². The molecule has 1 saturated carbocycles. The molecule has 2 rings (SSSR count). The van der Waals surface area contributed by atoms with E-state index in [9.17, 15) is 9.90 Å². The third-order valence-corrected chi connectivity index (χ3v) is 3.36. The zero-order chi connectivity index (χ0) is 11.6. The Balaban J connectivity index is 2.01. The van der Waals surface area contributed by atoms with E-state index >= 15 is 0 Å². The first-order valence-corrected chi connectivity index (χ1v) is 5.88. The van der Waals surface area contributed by atoms with Crippen LogP contribution in [0.4, 0.5) is 0 Å². The Morgan fingerprint density at radius 1 is 1.38 bits per heavy atom. The second-order valence-corrected chi connectivity index (χ2v) is 4.95. The van der Waals surface area contributed by atoms with E-state index in [1.54, 1.807) is 0 Å². The van der Waals surface area contributed by atoms with Gasteiger partial charge in [0.05, 0.1) is 5.60 Å². The second-order valence-electron chi connectivity index (χ2n) is 4.95. The molecule has 0 bridgehead atoms. The normalized spacial score (nSPS) is 19.1. The molecule has 0 aliphatic heterocycles. The Hall–Kier alpha value is -1.15. The fourth-order valence-corrected chi connectivity index (χ4v) is 1.95. The summed E-state index contributed by atoms with van der Waals surface area (Å²) in [4.78, 5) is 10.4. The first kappa shape index (κ1) is 11.3. The highest BCUT2D eigenvalue weighted by Crippen LogP contribution is 2.38. The maximum Gasteiger partial charge on any atom is 0.120 e. The van der Waals surface area contributed by atoms with Crippen LogP contribution < -0.4 is 0 Å². The largest absolute Gasteiger partial charge is 0.390 e. The van der Waals surface area contributed by atoms with Gasteiger partial charge in [-0.05, 0) is 29.9 Å². The lowest BCUT2D eigenvalue weighted by atomic mass is 9.96. The van der Waals surface area contributed by atoms with E-state index in [4.69, 9.17) is 0 Å². The summed E-state index contributed by atoms with van der Waals surface area (Å²) in [6.45, 7) is 2.05. The average Bonchev–Trinajstić information content (AvgIpc) is 2.97. The Kier molecular flexibility index (Phi) is 3.10. The first-order valence-electron chi connectivity index (χ1n) is 5.88. The molecule has 2 nitrogen and oxygen atoms in total. The standard InChI is InChI=1S/C14H18O2/c1-11(6-9-15)13-4-2-12(3-5-13)10-14(16)7-8-14/h2-5,9,11,16H,6-8,10H2,1H3. The molecule has 1 fully saturated rings. The number of carbonyl (C=O) groups is 1. The van der Waals surface area contributed by atoms with Crippen LogP contribution in [0.15, 0.2) is 24.3 Å². The topological polar surface area (TPSA) is 37.3 Å². The molecule has 1 aromatic rings. The Bertz CT molecular complexity index is 363. The summed E-state index contributed by atoms with van der Waals surface area (Å²) in [6.07, 6.45) is 4.15. The highest BCUT2D eigenvalue weighted by Gasteiger charge is 2.39. The summed E-state index contributed by atoms with van der Waals surface area (Å²) < 4.78 is 0. The van der Waals surface area contributed by atoms with Crippen molar-refractivity contribution in [2.75, 3.05) is 0 Å². The molecular weight excluding hydrogens is 200 g/mol. The van der Waals surface area contributed by atoms with E-state index in [2.05, 4.69) is 31.2 Å². The number of carbonyl (C=O) groups excluding carboxylic acids is 1. The van der Waals surface area contributed by atoms with Crippen LogP contribution in [-0.4, -0.2) is 17.0 Å². The molecule has 16 heavy (non-hydrogen) atoms. The molecule has 1 aliphatic carbocycles. The summed E-state index contributed by atoms with van der Waals surface area (Å²) >= 11 is 0. The van der Waals surface area contributed by atoms with Gasteiger partial charge in [0, 0.05) is 12.8 Å². The molecule has 0 aromatic heterocycles. The average molecular weight is 218 g/mol. The molecule has 0 radical (unpaired) electrons. The molecular formula is C14H18O2. The maximum absolute atomic E-state index is 10.4. The molecule has 0 spiro atoms. The third kappa shape index (κ3) is 2.70. The first-order chi connectivity index (χ1) is 7.63. The SMILES string of the molecule is CC(CC=O)c1ccc(CC2(O)CC2)cc1. The van der Waals surface area contributed by atoms with E-state index in [-0.39, 0.29) is 5.92 Å². The quantitative estimate of drug-likeness (QED) is 0.771. The third-order valence-electron chi connectivity index (χ3n) is 3.36. The van der Waals surface area contributed by atoms with Crippen LogP contribution in [-0.2, 0) is 11.2 Å². The van der Waals surface area contributed by atoms with Crippen LogP contribution in [0.3, 0.4) is 0 Å². The van der Waals surface area contributed by atoms with Crippen LogP contribution in [0.25, 0.3) is 0 Å². The van der Waals surface area contributed by atoms with Crippen molar-refractivity contribution in [2.24, 2.45) is 0 Å². The van der Waals surface area contributed by atoms with Gasteiger partial charge < -0.3 is 9.90 Å². The second kappa shape index (κ2) is 4.38. The number of aldehydes is 1. The molecule has 1 N–H and O–H groups in total. The number of benzene rings is 1. The molecule has 86 valence electrons. The van der Waals surface area contributed by atoms with Crippen molar-refractivity contribution in [1.29, 1.82) is 0 Å². The van der Waals surface area contributed by atoms with Gasteiger partial charge in [-0.3, -0.25) is 0 Å². The van der Waals surface area contributed by atoms with Crippen LogP contribution >= 0.6 is 0 Å². The molecule has 2 heteroatoms. The maximum atomic E-state index is 10.4. The highest BCUT2D eigenvalue weighted by atomic mass is 16.3. The van der Waals surface area contributed by atoms with E-state index in [0.717, 1.165) is 25.5 Å². The van der Waals surface area contributed by atoms with Crippen molar-refractivity contribution >= 4 is 6.29 Å². The van der Waals surface area contributed by atoms with Crippen molar-refractivity contribution in [3.8, 4) is 0 Å². The Labute approximate surface area is 96.3 Å². The van der Waals surface area contributed by atoms with Gasteiger partial charge >= 0.3 is 0 Å². The number of hydrogen-bond donors (Lipinski definition) is 1. The van der Waals surface area contributed by atoms with Gasteiger partial charge in [0.15, 0.2) is 0 Å². The van der Waals surface area contributed by atoms with Gasteiger partial charge in [0.1, 0.15) is 6.29 Å².